The lowest BCUT2D eigenvalue weighted by molar-refractivity contribution is -0.154. The fourth-order valence-corrected chi connectivity index (χ4v) is 3.50. The van der Waals surface area contributed by atoms with E-state index in [2.05, 4.69) is 23.5 Å². The number of fused-ring (bicyclic) bond motifs is 1. The minimum atomic E-state index is -0.871. The molecule has 30 heavy (non-hydrogen) atoms. The molecular formula is C24H26N2O4. The number of nitrogens with zero attached hydrogens (tertiary/aromatic N) is 1. The lowest BCUT2D eigenvalue weighted by Crippen LogP contribution is -2.34. The molecule has 1 aliphatic carbocycles. The number of amides is 1. The highest BCUT2D eigenvalue weighted by molar-refractivity contribution is 5.82. The number of hydrogen-bond acceptors (Lipinski definition) is 5. The molecule has 2 atom stereocenters. The Balaban J connectivity index is 1.46. The van der Waals surface area contributed by atoms with Crippen LogP contribution in [0.15, 0.2) is 42.5 Å². The van der Waals surface area contributed by atoms with E-state index in [0.717, 1.165) is 18.4 Å². The van der Waals surface area contributed by atoms with Gasteiger partial charge in [-0.3, -0.25) is 4.79 Å². The Bertz CT molecular complexity index is 947. The highest BCUT2D eigenvalue weighted by atomic mass is 16.6. The van der Waals surface area contributed by atoms with Gasteiger partial charge in [-0.05, 0) is 80.5 Å². The lowest BCUT2D eigenvalue weighted by Gasteiger charge is -2.20. The molecule has 0 saturated heterocycles. The largest absolute Gasteiger partial charge is 0.479 e. The Morgan fingerprint density at radius 2 is 1.77 bits per heavy atom. The first-order valence-corrected chi connectivity index (χ1v) is 10.2. The van der Waals surface area contributed by atoms with Gasteiger partial charge >= 0.3 is 5.97 Å². The Kier molecular flexibility index (Phi) is 7.08. The van der Waals surface area contributed by atoms with E-state index >= 15 is 0 Å². The van der Waals surface area contributed by atoms with Gasteiger partial charge in [0, 0.05) is 0 Å². The van der Waals surface area contributed by atoms with E-state index in [1.807, 2.05) is 13.0 Å². The predicted molar refractivity (Wildman–Crippen MR) is 112 cm³/mol. The third kappa shape index (κ3) is 5.60. The Hall–Kier alpha value is -3.33. The summed E-state index contributed by atoms with van der Waals surface area (Å²) >= 11 is 0. The van der Waals surface area contributed by atoms with E-state index in [-0.39, 0.29) is 18.6 Å². The maximum absolute atomic E-state index is 12.2. The number of hydrogen-bond donors (Lipinski definition) is 1. The Labute approximate surface area is 176 Å². The molecule has 6 heteroatoms. The highest BCUT2D eigenvalue weighted by Gasteiger charge is 2.19. The molecule has 0 heterocycles. The van der Waals surface area contributed by atoms with Crippen LogP contribution in [0.4, 0.5) is 0 Å². The molecule has 0 unspecified atom stereocenters. The van der Waals surface area contributed by atoms with Gasteiger partial charge in [-0.2, -0.15) is 5.26 Å². The number of nitrogens with one attached hydrogen (secondary N) is 1. The maximum atomic E-state index is 12.2. The van der Waals surface area contributed by atoms with Crippen LogP contribution in [0.3, 0.4) is 0 Å². The fourth-order valence-electron chi connectivity index (χ4n) is 3.50. The summed E-state index contributed by atoms with van der Waals surface area (Å²) in [4.78, 5) is 24.3. The maximum Gasteiger partial charge on any atom is 0.347 e. The topological polar surface area (TPSA) is 88.4 Å². The second-order valence-electron chi connectivity index (χ2n) is 7.53. The van der Waals surface area contributed by atoms with E-state index in [9.17, 15) is 9.59 Å². The molecule has 3 rings (SSSR count). The SMILES string of the molecule is C[C@H](Oc1ccc(C#N)cc1)C(=O)OCC(=O)N[C@@H](C)c1ccc2c(c1)CCCC2. The summed E-state index contributed by atoms with van der Waals surface area (Å²) in [5.74, 6) is -0.543. The van der Waals surface area contributed by atoms with Crippen molar-refractivity contribution >= 4 is 11.9 Å². The lowest BCUT2D eigenvalue weighted by atomic mass is 9.89. The molecule has 156 valence electrons. The Morgan fingerprint density at radius 1 is 1.07 bits per heavy atom. The Morgan fingerprint density at radius 3 is 2.47 bits per heavy atom. The fraction of sp³-hybridized carbons (Fsp3) is 0.375. The third-order valence-electron chi connectivity index (χ3n) is 5.22. The molecule has 2 aromatic carbocycles. The van der Waals surface area contributed by atoms with Gasteiger partial charge in [-0.1, -0.05) is 18.2 Å². The standard InChI is InChI=1S/C24H26N2O4/c1-16(20-10-9-19-5-3-4-6-21(19)13-20)26-23(27)15-29-24(28)17(2)30-22-11-7-18(14-25)8-12-22/h7-13,16-17H,3-6,15H2,1-2H3,(H,26,27)/t16-,17-/m0/s1. The molecule has 1 aliphatic rings. The summed E-state index contributed by atoms with van der Waals surface area (Å²) in [7, 11) is 0. The van der Waals surface area contributed by atoms with Crippen LogP contribution in [0.1, 0.15) is 55.0 Å². The van der Waals surface area contributed by atoms with E-state index in [1.165, 1.54) is 24.0 Å². The second-order valence-corrected chi connectivity index (χ2v) is 7.53. The summed E-state index contributed by atoms with van der Waals surface area (Å²) in [5.41, 5.74) is 4.31. The zero-order chi connectivity index (χ0) is 21.5. The van der Waals surface area contributed by atoms with E-state index in [0.29, 0.717) is 11.3 Å². The zero-order valence-electron chi connectivity index (χ0n) is 17.3. The molecule has 1 amide bonds. The number of aryl methyl sites for hydroxylation is 2. The van der Waals surface area contributed by atoms with Crippen LogP contribution in [-0.2, 0) is 27.2 Å². The number of esters is 1. The molecule has 0 bridgehead atoms. The summed E-state index contributed by atoms with van der Waals surface area (Å²) in [6, 6.07) is 14.6. The van der Waals surface area contributed by atoms with Crippen molar-refractivity contribution < 1.29 is 19.1 Å². The average molecular weight is 406 g/mol. The molecule has 0 saturated carbocycles. The number of carbonyl (C=O) groups excluding carboxylic acids is 2. The first-order chi connectivity index (χ1) is 14.5. The smallest absolute Gasteiger partial charge is 0.347 e. The van der Waals surface area contributed by atoms with Crippen molar-refractivity contribution in [1.29, 1.82) is 5.26 Å². The molecule has 0 fully saturated rings. The summed E-state index contributed by atoms with van der Waals surface area (Å²) < 4.78 is 10.6. The van der Waals surface area contributed by atoms with Crippen LogP contribution in [0.25, 0.3) is 0 Å². The first kappa shape index (κ1) is 21.4. The molecule has 0 aromatic heterocycles. The van der Waals surface area contributed by atoms with Crippen molar-refractivity contribution in [2.45, 2.75) is 51.7 Å². The van der Waals surface area contributed by atoms with Crippen molar-refractivity contribution in [2.24, 2.45) is 0 Å². The van der Waals surface area contributed by atoms with Gasteiger partial charge in [0.15, 0.2) is 12.7 Å². The van der Waals surface area contributed by atoms with Gasteiger partial charge in [0.05, 0.1) is 17.7 Å². The number of rotatable bonds is 7. The number of carbonyl (C=O) groups is 2. The van der Waals surface area contributed by atoms with Crippen LogP contribution >= 0.6 is 0 Å². The second kappa shape index (κ2) is 9.93. The summed E-state index contributed by atoms with van der Waals surface area (Å²) in [5, 5.41) is 11.7. The average Bonchev–Trinajstić information content (AvgIpc) is 2.77. The summed E-state index contributed by atoms with van der Waals surface area (Å²) in [6.45, 7) is 3.10. The van der Waals surface area contributed by atoms with Crippen molar-refractivity contribution in [1.82, 2.24) is 5.32 Å². The molecule has 1 N–H and O–H groups in total. The molecule has 0 spiro atoms. The van der Waals surface area contributed by atoms with Gasteiger partial charge in [0.25, 0.3) is 5.91 Å². The van der Waals surface area contributed by atoms with Crippen LogP contribution in [0.2, 0.25) is 0 Å². The van der Waals surface area contributed by atoms with Crippen LogP contribution in [0.5, 0.6) is 5.75 Å². The van der Waals surface area contributed by atoms with E-state index in [1.54, 1.807) is 31.2 Å². The minimum absolute atomic E-state index is 0.171. The van der Waals surface area contributed by atoms with Crippen molar-refractivity contribution in [3.05, 3.63) is 64.7 Å². The third-order valence-corrected chi connectivity index (χ3v) is 5.22. The number of ether oxygens (including phenoxy) is 2. The normalized spacial score (nSPS) is 14.6. The molecule has 2 aromatic rings. The summed E-state index contributed by atoms with van der Waals surface area (Å²) in [6.07, 6.45) is 3.77. The van der Waals surface area contributed by atoms with E-state index in [4.69, 9.17) is 14.7 Å². The van der Waals surface area contributed by atoms with Gasteiger partial charge in [0.2, 0.25) is 0 Å². The van der Waals surface area contributed by atoms with Crippen molar-refractivity contribution in [3.8, 4) is 11.8 Å². The van der Waals surface area contributed by atoms with Gasteiger partial charge in [0.1, 0.15) is 5.75 Å². The van der Waals surface area contributed by atoms with E-state index < -0.39 is 12.1 Å². The van der Waals surface area contributed by atoms with Crippen LogP contribution in [-0.4, -0.2) is 24.6 Å². The molecular weight excluding hydrogens is 380 g/mol. The van der Waals surface area contributed by atoms with Crippen molar-refractivity contribution in [2.75, 3.05) is 6.61 Å². The number of benzene rings is 2. The van der Waals surface area contributed by atoms with Crippen molar-refractivity contribution in [3.63, 3.8) is 0 Å². The predicted octanol–water partition coefficient (Wildman–Crippen LogP) is 3.62. The molecule has 6 nitrogen and oxygen atoms in total. The highest BCUT2D eigenvalue weighted by Crippen LogP contribution is 2.24. The monoisotopic (exact) mass is 406 g/mol. The minimum Gasteiger partial charge on any atom is -0.479 e. The molecule has 0 aliphatic heterocycles. The molecule has 0 radical (unpaired) electrons. The van der Waals surface area contributed by atoms with Crippen LogP contribution < -0.4 is 10.1 Å². The van der Waals surface area contributed by atoms with Gasteiger partial charge < -0.3 is 14.8 Å². The quantitative estimate of drug-likeness (QED) is 0.710. The first-order valence-electron chi connectivity index (χ1n) is 10.2. The van der Waals surface area contributed by atoms with Gasteiger partial charge in [-0.15, -0.1) is 0 Å². The zero-order valence-corrected chi connectivity index (χ0v) is 17.3. The van der Waals surface area contributed by atoms with Gasteiger partial charge in [-0.25, -0.2) is 4.79 Å². The van der Waals surface area contributed by atoms with Crippen LogP contribution in [0, 0.1) is 11.3 Å². The number of nitriles is 1.